The number of allylic oxidation sites excluding steroid dienone is 1. The second kappa shape index (κ2) is 3.96. The number of rotatable bonds is 2. The minimum atomic E-state index is -0.192. The SMILES string of the molecule is CC1(C)C2CC=C(C(O)C3SCCS3)C1C2. The monoisotopic (exact) mass is 256 g/mol. The number of thioether (sulfide) groups is 2. The molecule has 90 valence electrons. The van der Waals surface area contributed by atoms with Crippen molar-refractivity contribution in [3.05, 3.63) is 11.6 Å². The summed E-state index contributed by atoms with van der Waals surface area (Å²) in [6.45, 7) is 4.75. The topological polar surface area (TPSA) is 20.2 Å². The second-order valence-corrected chi connectivity index (χ2v) is 8.60. The van der Waals surface area contributed by atoms with Crippen LogP contribution in [0.1, 0.15) is 26.7 Å². The quantitative estimate of drug-likeness (QED) is 0.767. The zero-order valence-corrected chi connectivity index (χ0v) is 11.6. The summed E-state index contributed by atoms with van der Waals surface area (Å²) in [5, 5.41) is 10.5. The molecular weight excluding hydrogens is 236 g/mol. The third-order valence-electron chi connectivity index (χ3n) is 4.76. The Bertz CT molecular complexity index is 318. The Kier molecular flexibility index (Phi) is 2.84. The lowest BCUT2D eigenvalue weighted by molar-refractivity contribution is -0.0200. The molecule has 1 aliphatic heterocycles. The lowest BCUT2D eigenvalue weighted by Gasteiger charge is -2.57. The summed E-state index contributed by atoms with van der Waals surface area (Å²) in [6.07, 6.45) is 4.66. The van der Waals surface area contributed by atoms with Gasteiger partial charge in [0.25, 0.3) is 0 Å². The highest BCUT2D eigenvalue weighted by molar-refractivity contribution is 8.20. The van der Waals surface area contributed by atoms with E-state index in [0.717, 1.165) is 5.92 Å². The maximum Gasteiger partial charge on any atom is 0.0963 e. The minimum absolute atomic E-state index is 0.192. The van der Waals surface area contributed by atoms with E-state index in [2.05, 4.69) is 19.9 Å². The third-order valence-corrected chi connectivity index (χ3v) is 7.89. The zero-order chi connectivity index (χ0) is 11.3. The van der Waals surface area contributed by atoms with Crippen molar-refractivity contribution in [1.29, 1.82) is 0 Å². The Hall–Kier alpha value is 0.400. The summed E-state index contributed by atoms with van der Waals surface area (Å²) >= 11 is 3.87. The number of hydrogen-bond donors (Lipinski definition) is 1. The minimum Gasteiger partial charge on any atom is -0.387 e. The molecule has 3 unspecified atom stereocenters. The first-order valence-corrected chi connectivity index (χ1v) is 8.31. The molecule has 4 aliphatic rings. The van der Waals surface area contributed by atoms with Crippen LogP contribution in [-0.4, -0.2) is 27.3 Å². The highest BCUT2D eigenvalue weighted by atomic mass is 32.2. The highest BCUT2D eigenvalue weighted by Crippen LogP contribution is 2.60. The molecule has 2 fully saturated rings. The number of hydrogen-bond acceptors (Lipinski definition) is 3. The van der Waals surface area contributed by atoms with Crippen LogP contribution in [0.4, 0.5) is 0 Å². The smallest absolute Gasteiger partial charge is 0.0963 e. The van der Waals surface area contributed by atoms with Crippen molar-refractivity contribution in [2.45, 2.75) is 37.4 Å². The van der Waals surface area contributed by atoms with Crippen molar-refractivity contribution in [2.24, 2.45) is 17.3 Å². The van der Waals surface area contributed by atoms with Crippen molar-refractivity contribution in [1.82, 2.24) is 0 Å². The van der Waals surface area contributed by atoms with Crippen LogP contribution < -0.4 is 0 Å². The summed E-state index contributed by atoms with van der Waals surface area (Å²) in [4.78, 5) is 0. The standard InChI is InChI=1S/C13H20OS2/c1-13(2)8-3-4-9(10(13)7-8)11(14)12-15-5-6-16-12/h4,8,10-12,14H,3,5-7H2,1-2H3. The Morgan fingerprint density at radius 1 is 1.38 bits per heavy atom. The maximum atomic E-state index is 10.5. The molecule has 1 heterocycles. The molecule has 0 aromatic heterocycles. The van der Waals surface area contributed by atoms with Gasteiger partial charge in [0.05, 0.1) is 10.7 Å². The van der Waals surface area contributed by atoms with Gasteiger partial charge in [-0.2, -0.15) is 0 Å². The Balaban J connectivity index is 1.77. The fraction of sp³-hybridized carbons (Fsp3) is 0.846. The average molecular weight is 256 g/mol. The number of aliphatic hydroxyl groups is 1. The molecule has 1 nitrogen and oxygen atoms in total. The fourth-order valence-corrected chi connectivity index (χ4v) is 6.32. The molecule has 0 spiro atoms. The first-order valence-electron chi connectivity index (χ1n) is 6.22. The fourth-order valence-electron chi connectivity index (χ4n) is 3.45. The van der Waals surface area contributed by atoms with Crippen LogP contribution in [0.5, 0.6) is 0 Å². The van der Waals surface area contributed by atoms with Crippen LogP contribution in [0.3, 0.4) is 0 Å². The predicted octanol–water partition coefficient (Wildman–Crippen LogP) is 3.15. The highest BCUT2D eigenvalue weighted by Gasteiger charge is 2.53. The molecule has 1 saturated carbocycles. The number of fused-ring (bicyclic) bond motifs is 1. The molecule has 0 radical (unpaired) electrons. The summed E-state index contributed by atoms with van der Waals surface area (Å²) in [6, 6.07) is 0. The Labute approximate surface area is 106 Å². The van der Waals surface area contributed by atoms with E-state index in [0.29, 0.717) is 15.9 Å². The van der Waals surface area contributed by atoms with E-state index in [1.807, 2.05) is 23.5 Å². The zero-order valence-electron chi connectivity index (χ0n) is 9.98. The average Bonchev–Trinajstić information content (AvgIpc) is 2.81. The molecule has 3 heteroatoms. The van der Waals surface area contributed by atoms with Gasteiger partial charge in [0.2, 0.25) is 0 Å². The summed E-state index contributed by atoms with van der Waals surface area (Å²) < 4.78 is 0.402. The van der Waals surface area contributed by atoms with Crippen LogP contribution in [0.25, 0.3) is 0 Å². The van der Waals surface area contributed by atoms with Gasteiger partial charge in [0.1, 0.15) is 0 Å². The van der Waals surface area contributed by atoms with E-state index < -0.39 is 0 Å². The summed E-state index contributed by atoms with van der Waals surface area (Å²) in [5.41, 5.74) is 1.80. The van der Waals surface area contributed by atoms with Crippen LogP contribution in [0.15, 0.2) is 11.6 Å². The Morgan fingerprint density at radius 3 is 2.62 bits per heavy atom. The largest absolute Gasteiger partial charge is 0.387 e. The van der Waals surface area contributed by atoms with E-state index in [9.17, 15) is 5.11 Å². The van der Waals surface area contributed by atoms with E-state index >= 15 is 0 Å². The van der Waals surface area contributed by atoms with Gasteiger partial charge in [0.15, 0.2) is 0 Å². The van der Waals surface area contributed by atoms with E-state index in [-0.39, 0.29) is 6.10 Å². The normalized spacial score (nSPS) is 39.1. The van der Waals surface area contributed by atoms with Crippen molar-refractivity contribution >= 4 is 23.5 Å². The summed E-state index contributed by atoms with van der Waals surface area (Å²) in [5.74, 6) is 3.94. The lowest BCUT2D eigenvalue weighted by Crippen LogP contribution is -2.50. The Morgan fingerprint density at radius 2 is 2.06 bits per heavy atom. The first-order chi connectivity index (χ1) is 7.60. The van der Waals surface area contributed by atoms with Gasteiger partial charge >= 0.3 is 0 Å². The van der Waals surface area contributed by atoms with Gasteiger partial charge in [0, 0.05) is 11.5 Å². The molecule has 2 bridgehead atoms. The van der Waals surface area contributed by atoms with Crippen LogP contribution in [-0.2, 0) is 0 Å². The molecule has 4 rings (SSSR count). The molecule has 3 atom stereocenters. The molecule has 0 aromatic rings. The van der Waals surface area contributed by atoms with E-state index in [1.165, 1.54) is 29.9 Å². The first kappa shape index (κ1) is 11.5. The van der Waals surface area contributed by atoms with Crippen molar-refractivity contribution in [2.75, 3.05) is 11.5 Å². The molecule has 1 saturated heterocycles. The van der Waals surface area contributed by atoms with E-state index in [4.69, 9.17) is 0 Å². The summed E-state index contributed by atoms with van der Waals surface area (Å²) in [7, 11) is 0. The second-order valence-electron chi connectivity index (χ2n) is 5.80. The number of aliphatic hydroxyl groups excluding tert-OH is 1. The van der Waals surface area contributed by atoms with Gasteiger partial charge in [-0.25, -0.2) is 0 Å². The van der Waals surface area contributed by atoms with Crippen LogP contribution >= 0.6 is 23.5 Å². The van der Waals surface area contributed by atoms with Gasteiger partial charge in [-0.15, -0.1) is 23.5 Å². The molecular formula is C13H20OS2. The van der Waals surface area contributed by atoms with Crippen molar-refractivity contribution in [3.63, 3.8) is 0 Å². The van der Waals surface area contributed by atoms with Gasteiger partial charge < -0.3 is 5.11 Å². The molecule has 3 aliphatic carbocycles. The molecule has 0 amide bonds. The van der Waals surface area contributed by atoms with Gasteiger partial charge in [-0.3, -0.25) is 0 Å². The molecule has 1 N–H and O–H groups in total. The predicted molar refractivity (Wildman–Crippen MR) is 72.8 cm³/mol. The van der Waals surface area contributed by atoms with Crippen molar-refractivity contribution in [3.8, 4) is 0 Å². The third kappa shape index (κ3) is 1.58. The van der Waals surface area contributed by atoms with Crippen LogP contribution in [0.2, 0.25) is 0 Å². The lowest BCUT2D eigenvalue weighted by atomic mass is 9.48. The van der Waals surface area contributed by atoms with Crippen molar-refractivity contribution < 1.29 is 5.11 Å². The van der Waals surface area contributed by atoms with E-state index in [1.54, 1.807) is 0 Å². The molecule has 0 aromatic carbocycles. The van der Waals surface area contributed by atoms with Gasteiger partial charge in [-0.1, -0.05) is 19.9 Å². The molecule has 16 heavy (non-hydrogen) atoms. The van der Waals surface area contributed by atoms with Gasteiger partial charge in [-0.05, 0) is 35.7 Å². The van der Waals surface area contributed by atoms with Crippen LogP contribution in [0, 0.1) is 17.3 Å². The maximum absolute atomic E-state index is 10.5.